The maximum Gasteiger partial charge on any atom is 0.589 e. The van der Waals surface area contributed by atoms with Crippen LogP contribution in [-0.2, 0) is 13.6 Å². The van der Waals surface area contributed by atoms with Crippen LogP contribution in [0.1, 0.15) is 0 Å². The molecule has 0 radical (unpaired) electrons. The molecule has 0 aromatic rings. The number of phosphoric ester groups is 1. The molecule has 0 amide bonds. The van der Waals surface area contributed by atoms with Gasteiger partial charge in [-0.25, -0.2) is 4.57 Å². The molecule has 40 valence electrons. The fraction of sp³-hybridized carbons (Fsp3) is 0. The van der Waals surface area contributed by atoms with Crippen LogP contribution < -0.4 is 0 Å². The number of rotatable bonds is 0. The lowest BCUT2D eigenvalue weighted by atomic mass is 11.1. The normalized spacial score (nSPS) is 24.4. The van der Waals surface area contributed by atoms with Crippen LogP contribution in [0.4, 0.5) is 0 Å². The summed E-state index contributed by atoms with van der Waals surface area (Å²) in [4.78, 5) is 8.13. The van der Waals surface area contributed by atoms with Gasteiger partial charge < -0.3 is 9.05 Å². The maximum absolute atomic E-state index is 9.93. The zero-order valence-electron chi connectivity index (χ0n) is 3.33. The first-order chi connectivity index (χ1) is 3.10. The van der Waals surface area contributed by atoms with Gasteiger partial charge in [-0.3, -0.25) is 4.89 Å². The van der Waals surface area contributed by atoms with E-state index in [1.165, 1.54) is 0 Å². The van der Waals surface area contributed by atoms with Crippen molar-refractivity contribution in [2.45, 2.75) is 0 Å². The highest BCUT2D eigenvalue weighted by Gasteiger charge is 2.37. The smallest absolute Gasteiger partial charge is 0.362 e. The summed E-state index contributed by atoms with van der Waals surface area (Å²) in [5, 5.41) is 0. The molecule has 0 saturated carbocycles. The van der Waals surface area contributed by atoms with Gasteiger partial charge in [0.2, 0.25) is 0 Å². The monoisotopic (exact) mass is 122 g/mol. The highest BCUT2D eigenvalue weighted by Crippen LogP contribution is 2.56. The van der Waals surface area contributed by atoms with E-state index in [-0.39, 0.29) is 5.95 Å². The van der Waals surface area contributed by atoms with Crippen LogP contribution in [0.25, 0.3) is 0 Å². The molecular weight excluding hydrogens is 119 g/mol. The lowest BCUT2D eigenvalue weighted by molar-refractivity contribution is 0.0619. The van der Waals surface area contributed by atoms with Crippen LogP contribution in [0, 0.1) is 0 Å². The van der Waals surface area contributed by atoms with Gasteiger partial charge in [0.15, 0.2) is 0 Å². The van der Waals surface area contributed by atoms with Crippen molar-refractivity contribution in [3.8, 4) is 0 Å². The number of phosphoric acid groups is 1. The van der Waals surface area contributed by atoms with Gasteiger partial charge in [-0.15, -0.1) is 0 Å². The van der Waals surface area contributed by atoms with Crippen LogP contribution in [0.2, 0.25) is 0 Å². The fourth-order valence-electron chi connectivity index (χ4n) is 0.264. The van der Waals surface area contributed by atoms with Gasteiger partial charge >= 0.3 is 7.82 Å². The molecule has 0 unspecified atom stereocenters. The van der Waals surface area contributed by atoms with Crippen LogP contribution in [-0.4, -0.2) is 4.89 Å². The highest BCUT2D eigenvalue weighted by atomic mass is 31.2. The molecule has 0 spiro atoms. The second-order valence-electron chi connectivity index (χ2n) is 1.02. The highest BCUT2D eigenvalue weighted by molar-refractivity contribution is 7.48. The summed E-state index contributed by atoms with van der Waals surface area (Å²) >= 11 is 0. The third kappa shape index (κ3) is 0.759. The zero-order chi connectivity index (χ0) is 5.49. The van der Waals surface area contributed by atoms with E-state index < -0.39 is 7.82 Å². The molecule has 0 aliphatic carbocycles. The summed E-state index contributed by atoms with van der Waals surface area (Å²) in [6.45, 7) is 3.08. The SMILES string of the molecule is C=C1OP(=O)(O)O1. The first kappa shape index (κ1) is 4.68. The van der Waals surface area contributed by atoms with Gasteiger partial charge in [0.1, 0.15) is 0 Å². The van der Waals surface area contributed by atoms with Crippen molar-refractivity contribution in [2.75, 3.05) is 0 Å². The van der Waals surface area contributed by atoms with Gasteiger partial charge in [-0.1, -0.05) is 0 Å². The van der Waals surface area contributed by atoms with E-state index in [4.69, 9.17) is 4.89 Å². The van der Waals surface area contributed by atoms with Crippen molar-refractivity contribution in [2.24, 2.45) is 0 Å². The molecule has 4 nitrogen and oxygen atoms in total. The Balaban J connectivity index is 2.60. The Hall–Kier alpha value is -0.470. The molecular formula is C2H3O4P. The van der Waals surface area contributed by atoms with Crippen molar-refractivity contribution in [3.63, 3.8) is 0 Å². The summed E-state index contributed by atoms with van der Waals surface area (Å²) < 4.78 is 18.0. The number of hydrogen-bond acceptors (Lipinski definition) is 3. The fourth-order valence-corrected chi connectivity index (χ4v) is 0.793. The Labute approximate surface area is 40.0 Å². The standard InChI is InChI=1S/C2H3O4P/c1-2-5-7(3,4)6-2/h1H2,(H,3,4). The molecule has 1 heterocycles. The third-order valence-corrected chi connectivity index (χ3v) is 1.30. The van der Waals surface area contributed by atoms with E-state index in [1.807, 2.05) is 0 Å². The average molecular weight is 122 g/mol. The molecule has 1 rings (SSSR count). The predicted molar refractivity (Wildman–Crippen MR) is 21.1 cm³/mol. The second-order valence-corrected chi connectivity index (χ2v) is 2.33. The van der Waals surface area contributed by atoms with E-state index in [1.54, 1.807) is 0 Å². The first-order valence-corrected chi connectivity index (χ1v) is 3.00. The van der Waals surface area contributed by atoms with E-state index in [9.17, 15) is 4.57 Å². The topological polar surface area (TPSA) is 55.8 Å². The molecule has 1 aliphatic rings. The summed E-state index contributed by atoms with van der Waals surface area (Å²) in [7, 11) is -3.62. The average Bonchev–Trinajstić information content (AvgIpc) is 1.27. The molecule has 7 heavy (non-hydrogen) atoms. The van der Waals surface area contributed by atoms with E-state index >= 15 is 0 Å². The van der Waals surface area contributed by atoms with Gasteiger partial charge in [-0.2, -0.15) is 0 Å². The molecule has 0 atom stereocenters. The van der Waals surface area contributed by atoms with E-state index in [2.05, 4.69) is 15.6 Å². The molecule has 1 fully saturated rings. The van der Waals surface area contributed by atoms with E-state index in [0.29, 0.717) is 0 Å². The molecule has 1 N–H and O–H groups in total. The largest absolute Gasteiger partial charge is 0.589 e. The van der Waals surface area contributed by atoms with Crippen molar-refractivity contribution < 1.29 is 18.5 Å². The van der Waals surface area contributed by atoms with Crippen LogP contribution in [0.15, 0.2) is 12.5 Å². The van der Waals surface area contributed by atoms with Crippen molar-refractivity contribution in [1.29, 1.82) is 0 Å². The third-order valence-electron chi connectivity index (χ3n) is 0.434. The maximum atomic E-state index is 9.93. The summed E-state index contributed by atoms with van der Waals surface area (Å²) in [5.41, 5.74) is 0. The molecule has 0 aromatic carbocycles. The Kier molecular flexibility index (Phi) is 0.685. The zero-order valence-corrected chi connectivity index (χ0v) is 4.22. The summed E-state index contributed by atoms with van der Waals surface area (Å²) in [6.07, 6.45) is 0. The van der Waals surface area contributed by atoms with Gasteiger partial charge in [0, 0.05) is 0 Å². The Morgan fingerprint density at radius 1 is 1.71 bits per heavy atom. The minimum Gasteiger partial charge on any atom is -0.362 e. The minimum atomic E-state index is -3.62. The van der Waals surface area contributed by atoms with Crippen molar-refractivity contribution in [1.82, 2.24) is 0 Å². The lowest BCUT2D eigenvalue weighted by Crippen LogP contribution is -2.04. The molecule has 1 saturated heterocycles. The summed E-state index contributed by atoms with van der Waals surface area (Å²) in [6, 6.07) is 0. The van der Waals surface area contributed by atoms with Crippen molar-refractivity contribution in [3.05, 3.63) is 12.5 Å². The molecule has 1 aliphatic heterocycles. The number of hydrogen-bond donors (Lipinski definition) is 1. The lowest BCUT2D eigenvalue weighted by Gasteiger charge is -2.22. The summed E-state index contributed by atoms with van der Waals surface area (Å²) in [5.74, 6) is -0.0918. The second kappa shape index (κ2) is 1.02. The van der Waals surface area contributed by atoms with Gasteiger partial charge in [0.25, 0.3) is 5.95 Å². The van der Waals surface area contributed by atoms with Gasteiger partial charge in [0.05, 0.1) is 0 Å². The Bertz CT molecular complexity index is 138. The van der Waals surface area contributed by atoms with E-state index in [0.717, 1.165) is 0 Å². The molecule has 5 heteroatoms. The quantitative estimate of drug-likeness (QED) is 0.478. The minimum absolute atomic E-state index is 0.0918. The molecule has 0 bridgehead atoms. The first-order valence-electron chi connectivity index (χ1n) is 1.51. The Morgan fingerprint density at radius 3 is 2.14 bits per heavy atom. The van der Waals surface area contributed by atoms with Crippen molar-refractivity contribution >= 4 is 7.82 Å². The predicted octanol–water partition coefficient (Wildman–Crippen LogP) is 0.605. The van der Waals surface area contributed by atoms with Gasteiger partial charge in [-0.05, 0) is 6.58 Å². The Morgan fingerprint density at radius 2 is 2.14 bits per heavy atom. The van der Waals surface area contributed by atoms with Crippen LogP contribution in [0.5, 0.6) is 0 Å². The van der Waals surface area contributed by atoms with Crippen LogP contribution >= 0.6 is 7.82 Å². The van der Waals surface area contributed by atoms with Crippen LogP contribution in [0.3, 0.4) is 0 Å². The molecule has 0 aromatic heterocycles.